The number of halogens is 1. The maximum Gasteiger partial charge on any atom is 0.345 e. The van der Waals surface area contributed by atoms with E-state index in [0.717, 1.165) is 5.56 Å². The molecule has 3 aromatic carbocycles. The lowest BCUT2D eigenvalue weighted by atomic mass is 10.1. The van der Waals surface area contributed by atoms with Crippen LogP contribution in [0.4, 0.5) is 11.4 Å². The molecule has 2 fully saturated rings. The highest BCUT2D eigenvalue weighted by Gasteiger charge is 2.48. The normalized spacial score (nSPS) is 21.5. The number of aliphatic hydroxyl groups is 1. The van der Waals surface area contributed by atoms with Gasteiger partial charge in [0.05, 0.1) is 42.6 Å². The van der Waals surface area contributed by atoms with Gasteiger partial charge in [-0.1, -0.05) is 60.1 Å². The molecule has 3 heterocycles. The molecule has 9 nitrogen and oxygen atoms in total. The Kier molecular flexibility index (Phi) is 7.68. The summed E-state index contributed by atoms with van der Waals surface area (Å²) in [7, 11) is 0. The first-order chi connectivity index (χ1) is 19.9. The first-order valence-corrected chi connectivity index (χ1v) is 13.8. The number of hydrogen-bond donors (Lipinski definition) is 2. The molecule has 2 aliphatic rings. The number of rotatable bonds is 8. The average Bonchev–Trinajstić information content (AvgIpc) is 3.55. The third kappa shape index (κ3) is 5.29. The second kappa shape index (κ2) is 11.5. The van der Waals surface area contributed by atoms with Gasteiger partial charge in [0.25, 0.3) is 5.56 Å². The second-order valence-corrected chi connectivity index (χ2v) is 10.4. The smallest absolute Gasteiger partial charge is 0.345 e. The lowest BCUT2D eigenvalue weighted by molar-refractivity contribution is 0.00864. The van der Waals surface area contributed by atoms with Crippen LogP contribution < -0.4 is 15.6 Å². The molecule has 4 aromatic rings. The number of nitrogens with one attached hydrogen (secondary N) is 1. The topological polar surface area (TPSA) is 108 Å². The molecule has 4 atom stereocenters. The number of carbonyl (C=O) groups excluding carboxylic acids is 1. The SMILES string of the molecule is CCOC(=O)c1c(Nc2ccc(O[C@H]3CO[C@H]4[C@@H]3OC[C@@H]4O)c(Cl)c2)c2ccccc2n(Cc2ccccc2)c1=O. The first kappa shape index (κ1) is 27.3. The van der Waals surface area contributed by atoms with Crippen molar-refractivity contribution in [3.8, 4) is 5.75 Å². The van der Waals surface area contributed by atoms with Crippen LogP contribution in [0.15, 0.2) is 77.6 Å². The molecule has 1 aromatic heterocycles. The number of fused-ring (bicyclic) bond motifs is 2. The van der Waals surface area contributed by atoms with Gasteiger partial charge in [0.2, 0.25) is 0 Å². The minimum atomic E-state index is -0.715. The van der Waals surface area contributed by atoms with Gasteiger partial charge in [0.15, 0.2) is 6.10 Å². The summed E-state index contributed by atoms with van der Waals surface area (Å²) in [5.74, 6) is -0.293. The van der Waals surface area contributed by atoms with Gasteiger partial charge in [-0.2, -0.15) is 0 Å². The molecule has 2 N–H and O–H groups in total. The zero-order chi connectivity index (χ0) is 28.5. The molecule has 10 heteroatoms. The third-order valence-corrected chi connectivity index (χ3v) is 7.59. The van der Waals surface area contributed by atoms with E-state index in [9.17, 15) is 14.7 Å². The summed E-state index contributed by atoms with van der Waals surface area (Å²) in [6.07, 6.45) is -1.88. The number of nitrogens with zero attached hydrogens (tertiary/aromatic N) is 1. The summed E-state index contributed by atoms with van der Waals surface area (Å²) in [6, 6.07) is 22.1. The monoisotopic (exact) mass is 576 g/mol. The Bertz CT molecular complexity index is 1640. The van der Waals surface area contributed by atoms with Crippen LogP contribution in [0.3, 0.4) is 0 Å². The summed E-state index contributed by atoms with van der Waals surface area (Å²) < 4.78 is 24.3. The largest absolute Gasteiger partial charge is 0.484 e. The van der Waals surface area contributed by atoms with Crippen molar-refractivity contribution in [3.05, 3.63) is 99.3 Å². The van der Waals surface area contributed by atoms with E-state index in [2.05, 4.69) is 5.32 Å². The maximum absolute atomic E-state index is 13.9. The van der Waals surface area contributed by atoms with E-state index >= 15 is 0 Å². The van der Waals surface area contributed by atoms with Crippen molar-refractivity contribution in [2.75, 3.05) is 25.1 Å². The van der Waals surface area contributed by atoms with E-state index in [1.54, 1.807) is 29.7 Å². The van der Waals surface area contributed by atoms with Crippen molar-refractivity contribution < 1.29 is 28.8 Å². The van der Waals surface area contributed by atoms with Gasteiger partial charge in [0, 0.05) is 11.1 Å². The summed E-state index contributed by atoms with van der Waals surface area (Å²) >= 11 is 6.61. The number of para-hydroxylation sites is 1. The number of carbonyl (C=O) groups is 1. The van der Waals surface area contributed by atoms with Gasteiger partial charge in [-0.3, -0.25) is 4.79 Å². The Labute approximate surface area is 241 Å². The van der Waals surface area contributed by atoms with Crippen molar-refractivity contribution in [2.24, 2.45) is 0 Å². The minimum Gasteiger partial charge on any atom is -0.484 e. The zero-order valence-electron chi connectivity index (χ0n) is 22.3. The number of aliphatic hydroxyl groups excluding tert-OH is 1. The van der Waals surface area contributed by atoms with E-state index in [-0.39, 0.29) is 38.0 Å². The van der Waals surface area contributed by atoms with Gasteiger partial charge >= 0.3 is 5.97 Å². The fourth-order valence-corrected chi connectivity index (χ4v) is 5.60. The zero-order valence-corrected chi connectivity index (χ0v) is 23.0. The van der Waals surface area contributed by atoms with Crippen LogP contribution >= 0.6 is 11.6 Å². The quantitative estimate of drug-likeness (QED) is 0.295. The van der Waals surface area contributed by atoms with Crippen LogP contribution in [0.25, 0.3) is 10.9 Å². The van der Waals surface area contributed by atoms with E-state index in [1.807, 2.05) is 54.6 Å². The van der Waals surface area contributed by atoms with Gasteiger partial charge in [0.1, 0.15) is 29.6 Å². The predicted molar refractivity (Wildman–Crippen MR) is 154 cm³/mol. The molecule has 41 heavy (non-hydrogen) atoms. The van der Waals surface area contributed by atoms with Gasteiger partial charge < -0.3 is 33.9 Å². The molecule has 6 rings (SSSR count). The standard InChI is InChI=1S/C31H29ClN2O7/c1-2-38-31(37)26-27(20-10-6-7-11-22(20)34(30(26)36)15-18-8-4-3-5-9-18)33-19-12-13-24(21(32)14-19)41-25-17-40-28-23(35)16-39-29(25)28/h3-14,23,25,28-29,33,35H,2,15-17H2,1H3/t23-,25-,28+,29+/m0/s1. The van der Waals surface area contributed by atoms with Crippen molar-refractivity contribution in [2.45, 2.75) is 37.9 Å². The number of pyridine rings is 1. The predicted octanol–water partition coefficient (Wildman–Crippen LogP) is 4.53. The highest BCUT2D eigenvalue weighted by molar-refractivity contribution is 6.32. The Hall–Kier alpha value is -3.89. The van der Waals surface area contributed by atoms with Crippen LogP contribution in [0.1, 0.15) is 22.8 Å². The van der Waals surface area contributed by atoms with Gasteiger partial charge in [-0.15, -0.1) is 0 Å². The Morgan fingerprint density at radius 1 is 1.05 bits per heavy atom. The van der Waals surface area contributed by atoms with E-state index in [1.165, 1.54) is 0 Å². The van der Waals surface area contributed by atoms with Crippen LogP contribution in [0, 0.1) is 0 Å². The number of esters is 1. The Morgan fingerprint density at radius 2 is 1.80 bits per heavy atom. The van der Waals surface area contributed by atoms with Crippen LogP contribution in [0.5, 0.6) is 5.75 Å². The lowest BCUT2D eigenvalue weighted by Gasteiger charge is -2.20. The Morgan fingerprint density at radius 3 is 2.59 bits per heavy atom. The minimum absolute atomic E-state index is 0.0935. The molecule has 2 saturated heterocycles. The van der Waals surface area contributed by atoms with E-state index < -0.39 is 29.8 Å². The average molecular weight is 577 g/mol. The van der Waals surface area contributed by atoms with Gasteiger partial charge in [-0.05, 0) is 36.8 Å². The lowest BCUT2D eigenvalue weighted by Crippen LogP contribution is -2.34. The first-order valence-electron chi connectivity index (χ1n) is 13.5. The van der Waals surface area contributed by atoms with Gasteiger partial charge in [-0.25, -0.2) is 4.79 Å². The number of anilines is 2. The Balaban J connectivity index is 1.36. The molecule has 0 radical (unpaired) electrons. The summed E-state index contributed by atoms with van der Waals surface area (Å²) in [5.41, 5.74) is 1.91. The fourth-order valence-electron chi connectivity index (χ4n) is 5.38. The van der Waals surface area contributed by atoms with E-state index in [4.69, 9.17) is 30.5 Å². The van der Waals surface area contributed by atoms with Crippen molar-refractivity contribution in [1.29, 1.82) is 0 Å². The molecule has 0 aliphatic carbocycles. The van der Waals surface area contributed by atoms with Crippen LogP contribution in [0.2, 0.25) is 5.02 Å². The molecule has 0 saturated carbocycles. The van der Waals surface area contributed by atoms with Crippen molar-refractivity contribution >= 4 is 39.8 Å². The molecule has 212 valence electrons. The molecular weight excluding hydrogens is 548 g/mol. The summed E-state index contributed by atoms with van der Waals surface area (Å²) in [4.78, 5) is 27.1. The van der Waals surface area contributed by atoms with E-state index in [0.29, 0.717) is 33.0 Å². The third-order valence-electron chi connectivity index (χ3n) is 7.30. The summed E-state index contributed by atoms with van der Waals surface area (Å²) in [5, 5.41) is 14.2. The van der Waals surface area contributed by atoms with Crippen LogP contribution in [-0.2, 0) is 20.8 Å². The number of benzene rings is 3. The molecule has 0 amide bonds. The number of hydrogen-bond acceptors (Lipinski definition) is 8. The maximum atomic E-state index is 13.9. The number of ether oxygens (including phenoxy) is 4. The second-order valence-electron chi connectivity index (χ2n) is 9.95. The molecule has 2 aliphatic heterocycles. The molecule has 0 bridgehead atoms. The molecule has 0 unspecified atom stereocenters. The number of aromatic nitrogens is 1. The van der Waals surface area contributed by atoms with Crippen molar-refractivity contribution in [1.82, 2.24) is 4.57 Å². The fraction of sp³-hybridized carbons (Fsp3) is 0.290. The summed E-state index contributed by atoms with van der Waals surface area (Å²) in [6.45, 7) is 2.58. The highest BCUT2D eigenvalue weighted by Crippen LogP contribution is 2.36. The molecule has 0 spiro atoms. The highest BCUT2D eigenvalue weighted by atomic mass is 35.5. The van der Waals surface area contributed by atoms with Crippen LogP contribution in [-0.4, -0.2) is 59.9 Å². The van der Waals surface area contributed by atoms with Crippen molar-refractivity contribution in [3.63, 3.8) is 0 Å². The molecular formula is C31H29ClN2O7.